The molecule has 1 heterocycles. The molecule has 8 nitrogen and oxygen atoms in total. The van der Waals surface area contributed by atoms with Crippen molar-refractivity contribution < 1.29 is 41.6 Å². The zero-order valence-electron chi connectivity index (χ0n) is 31.4. The van der Waals surface area contributed by atoms with Gasteiger partial charge in [0, 0.05) is 37.5 Å². The fourth-order valence-electron chi connectivity index (χ4n) is 5.16. The molecule has 2 amide bonds. The van der Waals surface area contributed by atoms with E-state index in [-0.39, 0.29) is 67.3 Å². The van der Waals surface area contributed by atoms with E-state index < -0.39 is 32.0 Å². The Morgan fingerprint density at radius 3 is 2.37 bits per heavy atom. The molecule has 1 saturated heterocycles. The molecular weight excluding hydrogens is 546 g/mol. The zero-order chi connectivity index (χ0) is 36.4. The predicted molar refractivity (Wildman–Crippen MR) is 166 cm³/mol. The van der Waals surface area contributed by atoms with E-state index in [1.165, 1.54) is 23.1 Å². The lowest BCUT2D eigenvalue weighted by Crippen LogP contribution is -2.44. The SMILES string of the molecule is [2H]C([2H])([2H])OCCCOc1cc(C(=O)C(C/C=C/C[C@@H](C(=O)N2C(=O)OC[C@H]2Cc2ccccc2)C(C)C)C(C)C)ccc1OC([2H])([2H])[2H]. The van der Waals surface area contributed by atoms with E-state index in [9.17, 15) is 14.4 Å². The molecule has 1 aliphatic heterocycles. The molecule has 1 unspecified atom stereocenters. The lowest BCUT2D eigenvalue weighted by atomic mass is 9.84. The third-order valence-corrected chi connectivity index (χ3v) is 7.71. The highest BCUT2D eigenvalue weighted by Crippen LogP contribution is 2.31. The molecule has 0 aliphatic carbocycles. The maximum atomic E-state index is 13.7. The summed E-state index contributed by atoms with van der Waals surface area (Å²) in [6, 6.07) is 13.5. The maximum absolute atomic E-state index is 13.7. The largest absolute Gasteiger partial charge is 0.493 e. The highest BCUT2D eigenvalue weighted by atomic mass is 16.6. The first-order valence-electron chi connectivity index (χ1n) is 17.8. The third-order valence-electron chi connectivity index (χ3n) is 7.71. The molecule has 8 heteroatoms. The normalized spacial score (nSPS) is 19.2. The van der Waals surface area contributed by atoms with Gasteiger partial charge in [-0.3, -0.25) is 9.59 Å². The molecule has 1 fully saturated rings. The van der Waals surface area contributed by atoms with Crippen molar-refractivity contribution >= 4 is 17.8 Å². The van der Waals surface area contributed by atoms with Gasteiger partial charge in [-0.05, 0) is 54.9 Å². The highest BCUT2D eigenvalue weighted by Gasteiger charge is 2.41. The van der Waals surface area contributed by atoms with Crippen LogP contribution in [-0.2, 0) is 20.7 Å². The monoisotopic (exact) mass is 599 g/mol. The summed E-state index contributed by atoms with van der Waals surface area (Å²) < 4.78 is 64.6. The average Bonchev–Trinajstić information content (AvgIpc) is 3.37. The van der Waals surface area contributed by atoms with Gasteiger partial charge < -0.3 is 18.9 Å². The number of hydrogen-bond acceptors (Lipinski definition) is 7. The van der Waals surface area contributed by atoms with Crippen LogP contribution in [0.4, 0.5) is 4.79 Å². The second-order valence-corrected chi connectivity index (χ2v) is 11.5. The second kappa shape index (κ2) is 16.8. The van der Waals surface area contributed by atoms with Crippen molar-refractivity contribution in [1.82, 2.24) is 4.90 Å². The Morgan fingerprint density at radius 2 is 1.70 bits per heavy atom. The van der Waals surface area contributed by atoms with Gasteiger partial charge in [0.05, 0.1) is 27.9 Å². The molecule has 0 spiro atoms. The summed E-state index contributed by atoms with van der Waals surface area (Å²) >= 11 is 0. The molecule has 0 N–H and O–H groups in total. The van der Waals surface area contributed by atoms with E-state index >= 15 is 0 Å². The van der Waals surface area contributed by atoms with Crippen LogP contribution >= 0.6 is 0 Å². The Kier molecular flexibility index (Phi) is 10.1. The fraction of sp³-hybridized carbons (Fsp3) is 0.514. The number of carbonyl (C=O) groups excluding carboxylic acids is 3. The summed E-state index contributed by atoms with van der Waals surface area (Å²) in [6.45, 7) is 7.77. The lowest BCUT2D eigenvalue weighted by Gasteiger charge is -2.26. The highest BCUT2D eigenvalue weighted by molar-refractivity contribution is 5.98. The molecule has 0 radical (unpaired) electrons. The van der Waals surface area contributed by atoms with Gasteiger partial charge in [0.15, 0.2) is 17.3 Å². The van der Waals surface area contributed by atoms with Crippen LogP contribution in [-0.4, -0.2) is 62.6 Å². The molecule has 1 aliphatic rings. The molecule has 3 atom stereocenters. The number of rotatable bonds is 17. The van der Waals surface area contributed by atoms with Crippen molar-refractivity contribution in [1.29, 1.82) is 0 Å². The summed E-state index contributed by atoms with van der Waals surface area (Å²) in [5.74, 6) is -1.53. The van der Waals surface area contributed by atoms with E-state index in [2.05, 4.69) is 0 Å². The summed E-state index contributed by atoms with van der Waals surface area (Å²) in [5, 5.41) is 0. The molecule has 43 heavy (non-hydrogen) atoms. The predicted octanol–water partition coefficient (Wildman–Crippen LogP) is 6.76. The number of carbonyl (C=O) groups is 3. The van der Waals surface area contributed by atoms with Crippen LogP contribution in [0.1, 0.15) is 71.1 Å². The number of allylic oxidation sites excluding steroid dienone is 2. The maximum Gasteiger partial charge on any atom is 0.416 e. The molecule has 2 aromatic rings. The minimum Gasteiger partial charge on any atom is -0.493 e. The average molecular weight is 600 g/mol. The standard InChI is InChI=1S/C35H47NO7/c1-24(2)29(33(37)27-17-18-31(41-6)32(22-27)42-20-12-19-40-5)15-10-11-16-30(25(3)4)34(38)36-28(23-43-35(36)39)21-26-13-8-7-9-14-26/h7-11,13-14,17-18,22,24-25,28-30H,12,15-16,19-21,23H2,1-6H3/b11-10+/t28-,29?,30-/m1/s1/i5D3,6D3. The number of ether oxygens (including phenoxy) is 4. The van der Waals surface area contributed by atoms with Crippen LogP contribution in [0.2, 0.25) is 0 Å². The van der Waals surface area contributed by atoms with Gasteiger partial charge >= 0.3 is 6.09 Å². The van der Waals surface area contributed by atoms with Crippen LogP contribution in [0, 0.1) is 23.7 Å². The van der Waals surface area contributed by atoms with Crippen molar-refractivity contribution in [3.63, 3.8) is 0 Å². The van der Waals surface area contributed by atoms with Gasteiger partial charge in [-0.25, -0.2) is 9.69 Å². The van der Waals surface area contributed by atoms with Crippen molar-refractivity contribution in [3.8, 4) is 11.5 Å². The summed E-state index contributed by atoms with van der Waals surface area (Å²) in [7, 11) is -5.30. The first-order valence-corrected chi connectivity index (χ1v) is 14.8. The number of nitrogens with zero attached hydrogens (tertiary/aromatic N) is 1. The summed E-state index contributed by atoms with van der Waals surface area (Å²) in [4.78, 5) is 41.3. The number of hydrogen-bond donors (Lipinski definition) is 0. The van der Waals surface area contributed by atoms with Crippen molar-refractivity contribution in [2.45, 2.75) is 59.4 Å². The first kappa shape index (κ1) is 25.8. The van der Waals surface area contributed by atoms with Crippen LogP contribution in [0.25, 0.3) is 0 Å². The Balaban J connectivity index is 1.70. The van der Waals surface area contributed by atoms with Gasteiger partial charge in [0.1, 0.15) is 6.61 Å². The van der Waals surface area contributed by atoms with Gasteiger partial charge in [-0.2, -0.15) is 0 Å². The Morgan fingerprint density at radius 1 is 0.977 bits per heavy atom. The Bertz CT molecular complexity index is 1430. The van der Waals surface area contributed by atoms with Crippen LogP contribution in [0.15, 0.2) is 60.7 Å². The van der Waals surface area contributed by atoms with Crippen LogP contribution < -0.4 is 9.47 Å². The minimum absolute atomic E-state index is 0.000673. The lowest BCUT2D eigenvalue weighted by molar-refractivity contribution is -0.134. The topological polar surface area (TPSA) is 91.4 Å². The number of amides is 2. The van der Waals surface area contributed by atoms with Crippen molar-refractivity contribution in [2.75, 3.05) is 33.9 Å². The van der Waals surface area contributed by atoms with E-state index in [4.69, 9.17) is 27.2 Å². The van der Waals surface area contributed by atoms with E-state index in [0.29, 0.717) is 24.8 Å². The van der Waals surface area contributed by atoms with Gasteiger partial charge in [-0.15, -0.1) is 0 Å². The van der Waals surface area contributed by atoms with Gasteiger partial charge in [0.2, 0.25) is 5.91 Å². The van der Waals surface area contributed by atoms with E-state index in [0.717, 1.165) is 5.56 Å². The molecule has 234 valence electrons. The molecule has 3 rings (SSSR count). The number of ketones is 1. The number of methoxy groups -OCH3 is 2. The number of Topliss-reactive ketones (excluding diaryl/α,β-unsaturated/α-hetero) is 1. The number of imide groups is 1. The molecule has 2 aromatic carbocycles. The van der Waals surface area contributed by atoms with Gasteiger partial charge in [0.25, 0.3) is 0 Å². The molecule has 0 bridgehead atoms. The van der Waals surface area contributed by atoms with E-state index in [1.54, 1.807) is 0 Å². The molecular formula is C35H47NO7. The number of benzene rings is 2. The fourth-order valence-corrected chi connectivity index (χ4v) is 5.16. The second-order valence-electron chi connectivity index (χ2n) is 11.5. The third kappa shape index (κ3) is 9.42. The smallest absolute Gasteiger partial charge is 0.416 e. The molecule has 0 aromatic heterocycles. The van der Waals surface area contributed by atoms with Crippen LogP contribution in [0.5, 0.6) is 11.5 Å². The van der Waals surface area contributed by atoms with E-state index in [1.807, 2.05) is 70.2 Å². The first-order chi connectivity index (χ1) is 23.0. The minimum atomic E-state index is -2.76. The van der Waals surface area contributed by atoms with Crippen molar-refractivity contribution in [2.24, 2.45) is 23.7 Å². The number of cyclic esters (lactones) is 1. The van der Waals surface area contributed by atoms with Crippen molar-refractivity contribution in [3.05, 3.63) is 71.8 Å². The summed E-state index contributed by atoms with van der Waals surface area (Å²) in [5.41, 5.74) is 1.30. The quantitative estimate of drug-likeness (QED) is 0.113. The summed E-state index contributed by atoms with van der Waals surface area (Å²) in [6.07, 6.45) is 4.59. The zero-order valence-corrected chi connectivity index (χ0v) is 25.4. The van der Waals surface area contributed by atoms with Crippen LogP contribution in [0.3, 0.4) is 0 Å². The Labute approximate surface area is 264 Å². The van der Waals surface area contributed by atoms with Gasteiger partial charge in [-0.1, -0.05) is 70.2 Å². The Hall–Kier alpha value is -3.65. The molecule has 0 saturated carbocycles.